The van der Waals surface area contributed by atoms with Gasteiger partial charge < -0.3 is 9.47 Å². The SMILES string of the molecule is C=CCO[C@@]1(C(=C)OCC)CCCC[C@H]1C(=C)C. The second-order valence-electron chi connectivity index (χ2n) is 4.99. The molecule has 102 valence electrons. The fourth-order valence-electron chi connectivity index (χ4n) is 2.88. The van der Waals surface area contributed by atoms with Crippen LogP contribution in [0.4, 0.5) is 0 Å². The largest absolute Gasteiger partial charge is 0.496 e. The van der Waals surface area contributed by atoms with E-state index >= 15 is 0 Å². The summed E-state index contributed by atoms with van der Waals surface area (Å²) >= 11 is 0. The van der Waals surface area contributed by atoms with Gasteiger partial charge in [-0.05, 0) is 26.7 Å². The lowest BCUT2D eigenvalue weighted by Crippen LogP contribution is -2.46. The van der Waals surface area contributed by atoms with E-state index in [0.29, 0.717) is 19.1 Å². The van der Waals surface area contributed by atoms with Gasteiger partial charge in [-0.15, -0.1) is 6.58 Å². The van der Waals surface area contributed by atoms with Crippen molar-refractivity contribution in [1.82, 2.24) is 0 Å². The third-order valence-corrected chi connectivity index (χ3v) is 3.70. The first kappa shape index (κ1) is 15.0. The third-order valence-electron chi connectivity index (χ3n) is 3.70. The second kappa shape index (κ2) is 6.79. The summed E-state index contributed by atoms with van der Waals surface area (Å²) in [6, 6.07) is 0. The van der Waals surface area contributed by atoms with Crippen LogP contribution in [-0.2, 0) is 9.47 Å². The van der Waals surface area contributed by atoms with Gasteiger partial charge in [0.1, 0.15) is 11.4 Å². The van der Waals surface area contributed by atoms with Crippen molar-refractivity contribution >= 4 is 0 Å². The molecule has 2 nitrogen and oxygen atoms in total. The molecule has 2 heteroatoms. The molecule has 0 aromatic heterocycles. The van der Waals surface area contributed by atoms with Gasteiger partial charge in [-0.25, -0.2) is 0 Å². The monoisotopic (exact) mass is 250 g/mol. The van der Waals surface area contributed by atoms with Crippen molar-refractivity contribution in [3.8, 4) is 0 Å². The minimum atomic E-state index is -0.408. The Balaban J connectivity index is 3.01. The van der Waals surface area contributed by atoms with Crippen LogP contribution in [-0.4, -0.2) is 18.8 Å². The first-order valence-electron chi connectivity index (χ1n) is 6.81. The smallest absolute Gasteiger partial charge is 0.131 e. The van der Waals surface area contributed by atoms with E-state index in [-0.39, 0.29) is 0 Å². The Kier molecular flexibility index (Phi) is 5.67. The fraction of sp³-hybridized carbons (Fsp3) is 0.625. The van der Waals surface area contributed by atoms with Crippen molar-refractivity contribution in [3.05, 3.63) is 37.1 Å². The van der Waals surface area contributed by atoms with Crippen LogP contribution in [0.3, 0.4) is 0 Å². The average Bonchev–Trinajstić information content (AvgIpc) is 2.36. The number of hydrogen-bond acceptors (Lipinski definition) is 2. The molecule has 1 aliphatic carbocycles. The van der Waals surface area contributed by atoms with E-state index in [0.717, 1.165) is 30.6 Å². The topological polar surface area (TPSA) is 18.5 Å². The molecule has 0 saturated heterocycles. The van der Waals surface area contributed by atoms with Crippen LogP contribution in [0.2, 0.25) is 0 Å². The van der Waals surface area contributed by atoms with Crippen LogP contribution in [0.5, 0.6) is 0 Å². The van der Waals surface area contributed by atoms with Crippen LogP contribution in [0.15, 0.2) is 37.1 Å². The molecule has 0 bridgehead atoms. The standard InChI is InChI=1S/C16H26O2/c1-6-12-18-16(14(5)17-7-2)11-9-8-10-15(16)13(3)4/h6,15H,1,3,5,7-12H2,2,4H3/t15-,16+/m0/s1. The van der Waals surface area contributed by atoms with E-state index in [4.69, 9.17) is 9.47 Å². The zero-order valence-electron chi connectivity index (χ0n) is 11.8. The molecule has 0 amide bonds. The van der Waals surface area contributed by atoms with Crippen molar-refractivity contribution in [2.75, 3.05) is 13.2 Å². The molecule has 1 aliphatic rings. The lowest BCUT2D eigenvalue weighted by molar-refractivity contribution is -0.0916. The summed E-state index contributed by atoms with van der Waals surface area (Å²) in [5, 5.41) is 0. The molecule has 0 heterocycles. The van der Waals surface area contributed by atoms with Crippen molar-refractivity contribution in [2.45, 2.75) is 45.1 Å². The number of hydrogen-bond donors (Lipinski definition) is 0. The Morgan fingerprint density at radius 2 is 2.11 bits per heavy atom. The summed E-state index contributed by atoms with van der Waals surface area (Å²) in [6.45, 7) is 17.2. The van der Waals surface area contributed by atoms with E-state index in [1.807, 2.05) is 6.92 Å². The van der Waals surface area contributed by atoms with Crippen LogP contribution < -0.4 is 0 Å². The van der Waals surface area contributed by atoms with Gasteiger partial charge in [0.05, 0.1) is 13.2 Å². The van der Waals surface area contributed by atoms with Crippen molar-refractivity contribution in [1.29, 1.82) is 0 Å². The van der Waals surface area contributed by atoms with Gasteiger partial charge in [0.25, 0.3) is 0 Å². The first-order chi connectivity index (χ1) is 8.58. The highest BCUT2D eigenvalue weighted by atomic mass is 16.5. The highest BCUT2D eigenvalue weighted by molar-refractivity contribution is 5.19. The Hall–Kier alpha value is -1.02. The highest BCUT2D eigenvalue weighted by Crippen LogP contribution is 2.45. The molecular formula is C16H26O2. The first-order valence-corrected chi connectivity index (χ1v) is 6.81. The maximum absolute atomic E-state index is 6.10. The van der Waals surface area contributed by atoms with Crippen molar-refractivity contribution < 1.29 is 9.47 Å². The van der Waals surface area contributed by atoms with E-state index in [9.17, 15) is 0 Å². The van der Waals surface area contributed by atoms with Gasteiger partial charge >= 0.3 is 0 Å². The molecule has 18 heavy (non-hydrogen) atoms. The molecule has 2 atom stereocenters. The van der Waals surface area contributed by atoms with Gasteiger partial charge in [-0.1, -0.05) is 37.6 Å². The summed E-state index contributed by atoms with van der Waals surface area (Å²) in [4.78, 5) is 0. The molecular weight excluding hydrogens is 224 g/mol. The van der Waals surface area contributed by atoms with E-state index in [1.54, 1.807) is 6.08 Å². The summed E-state index contributed by atoms with van der Waals surface area (Å²) in [5.74, 6) is 1.05. The quantitative estimate of drug-likeness (QED) is 0.497. The Morgan fingerprint density at radius 1 is 1.39 bits per heavy atom. The minimum absolute atomic E-state index is 0.297. The molecule has 0 N–H and O–H groups in total. The summed E-state index contributed by atoms with van der Waals surface area (Å²) in [7, 11) is 0. The molecule has 1 saturated carbocycles. The molecule has 0 aliphatic heterocycles. The number of ether oxygens (including phenoxy) is 2. The summed E-state index contributed by atoms with van der Waals surface area (Å²) < 4.78 is 11.8. The van der Waals surface area contributed by atoms with Crippen LogP contribution in [0, 0.1) is 5.92 Å². The van der Waals surface area contributed by atoms with Gasteiger partial charge in [-0.2, -0.15) is 0 Å². The Labute approximate surface area is 111 Å². The maximum Gasteiger partial charge on any atom is 0.131 e. The predicted octanol–water partition coefficient (Wildman–Crippen LogP) is 4.24. The minimum Gasteiger partial charge on any atom is -0.496 e. The zero-order valence-corrected chi connectivity index (χ0v) is 11.8. The Bertz CT molecular complexity index is 319. The fourth-order valence-corrected chi connectivity index (χ4v) is 2.88. The molecule has 0 spiro atoms. The van der Waals surface area contributed by atoms with Crippen molar-refractivity contribution in [2.24, 2.45) is 5.92 Å². The normalized spacial score (nSPS) is 27.6. The zero-order chi connectivity index (χ0) is 13.6. The highest BCUT2D eigenvalue weighted by Gasteiger charge is 2.45. The van der Waals surface area contributed by atoms with Crippen LogP contribution in [0.1, 0.15) is 39.5 Å². The lowest BCUT2D eigenvalue weighted by atomic mass is 9.71. The second-order valence-corrected chi connectivity index (χ2v) is 4.99. The molecule has 0 radical (unpaired) electrons. The van der Waals surface area contributed by atoms with Gasteiger partial charge in [0.15, 0.2) is 0 Å². The molecule has 0 aromatic rings. The molecule has 1 rings (SSSR count). The molecule has 1 fully saturated rings. The van der Waals surface area contributed by atoms with Crippen LogP contribution in [0.25, 0.3) is 0 Å². The summed E-state index contributed by atoms with van der Waals surface area (Å²) in [5.41, 5.74) is 0.744. The molecule has 0 unspecified atom stereocenters. The van der Waals surface area contributed by atoms with E-state index in [2.05, 4.69) is 26.7 Å². The maximum atomic E-state index is 6.10. The summed E-state index contributed by atoms with van der Waals surface area (Å²) in [6.07, 6.45) is 6.20. The molecule has 0 aromatic carbocycles. The Morgan fingerprint density at radius 3 is 2.67 bits per heavy atom. The van der Waals surface area contributed by atoms with E-state index < -0.39 is 5.60 Å². The van der Waals surface area contributed by atoms with Gasteiger partial charge in [-0.3, -0.25) is 0 Å². The predicted molar refractivity (Wildman–Crippen MR) is 76.4 cm³/mol. The van der Waals surface area contributed by atoms with E-state index in [1.165, 1.54) is 6.42 Å². The average molecular weight is 250 g/mol. The number of rotatable bonds is 7. The van der Waals surface area contributed by atoms with Crippen LogP contribution >= 0.6 is 0 Å². The van der Waals surface area contributed by atoms with Gasteiger partial charge in [0.2, 0.25) is 0 Å². The lowest BCUT2D eigenvalue weighted by Gasteiger charge is -2.44. The van der Waals surface area contributed by atoms with Gasteiger partial charge in [0, 0.05) is 5.92 Å². The third kappa shape index (κ3) is 3.05. The van der Waals surface area contributed by atoms with Crippen molar-refractivity contribution in [3.63, 3.8) is 0 Å².